The van der Waals surface area contributed by atoms with E-state index in [4.69, 9.17) is 27.1 Å². The number of hydrogen-bond acceptors (Lipinski definition) is 8. The minimum Gasteiger partial charge on any atom is -0.461 e. The maximum Gasteiger partial charge on any atom is 0.417 e. The molecule has 238 valence electrons. The van der Waals surface area contributed by atoms with Crippen LogP contribution in [0.2, 0.25) is 5.02 Å². The van der Waals surface area contributed by atoms with Gasteiger partial charge in [0.25, 0.3) is 0 Å². The number of nitrogens with two attached hydrogens (primary N) is 1. The van der Waals surface area contributed by atoms with Crippen LogP contribution in [0.25, 0.3) is 33.1 Å². The Morgan fingerprint density at radius 2 is 1.89 bits per heavy atom. The fourth-order valence-electron chi connectivity index (χ4n) is 8.06. The molecule has 3 N–H and O–H groups in total. The minimum absolute atomic E-state index is 0.0137. The number of nitrogen functional groups attached to an aromatic ring is 1. The maximum atomic E-state index is 14.9. The van der Waals surface area contributed by atoms with Crippen LogP contribution in [0, 0.1) is 0 Å². The van der Waals surface area contributed by atoms with E-state index in [0.29, 0.717) is 42.9 Å². The predicted molar refractivity (Wildman–Crippen MR) is 164 cm³/mol. The molecule has 2 unspecified atom stereocenters. The third kappa shape index (κ3) is 4.77. The summed E-state index contributed by atoms with van der Waals surface area (Å²) in [5.41, 5.74) is 5.64. The van der Waals surface area contributed by atoms with Crippen LogP contribution in [0.4, 0.5) is 29.2 Å². The Kier molecular flexibility index (Phi) is 6.64. The number of aryl methyl sites for hydroxylation is 1. The first kappa shape index (κ1) is 29.0. The van der Waals surface area contributed by atoms with Gasteiger partial charge in [0.1, 0.15) is 24.4 Å². The van der Waals surface area contributed by atoms with Crippen LogP contribution in [-0.4, -0.2) is 81.0 Å². The molecule has 4 aliphatic rings. The van der Waals surface area contributed by atoms with Crippen LogP contribution < -0.4 is 20.7 Å². The lowest BCUT2D eigenvalue weighted by atomic mass is 9.95. The number of piperazine rings is 1. The second-order valence-corrected chi connectivity index (χ2v) is 13.4. The van der Waals surface area contributed by atoms with E-state index in [-0.39, 0.29) is 57.6 Å². The highest BCUT2D eigenvalue weighted by Crippen LogP contribution is 2.48. The van der Waals surface area contributed by atoms with Gasteiger partial charge in [-0.2, -0.15) is 23.1 Å². The summed E-state index contributed by atoms with van der Waals surface area (Å²) in [6.07, 6.45) is -0.0344. The van der Waals surface area contributed by atoms with Gasteiger partial charge >= 0.3 is 12.2 Å². The molecule has 45 heavy (non-hydrogen) atoms. The van der Waals surface area contributed by atoms with Gasteiger partial charge in [-0.1, -0.05) is 11.6 Å². The summed E-state index contributed by atoms with van der Waals surface area (Å²) in [5.74, 6) is 0.528. The summed E-state index contributed by atoms with van der Waals surface area (Å²) in [7, 11) is 1.73. The topological polar surface area (TPSA) is 97.4 Å². The first-order chi connectivity index (χ1) is 21.5. The fraction of sp³-hybridized carbons (Fsp3) is 0.516. The third-order valence-electron chi connectivity index (χ3n) is 10.1. The monoisotopic (exact) mass is 644 g/mol. The second kappa shape index (κ2) is 10.3. The zero-order valence-corrected chi connectivity index (χ0v) is 25.4. The van der Waals surface area contributed by atoms with Gasteiger partial charge in [-0.05, 0) is 50.4 Å². The molecular formula is C31H33ClF4N8O. The molecule has 1 aromatic carbocycles. The number of aromatic nitrogens is 4. The molecule has 4 saturated heterocycles. The molecule has 9 nitrogen and oxygen atoms in total. The molecule has 0 amide bonds. The molecule has 14 heteroatoms. The molecule has 8 rings (SSSR count). The van der Waals surface area contributed by atoms with E-state index in [1.54, 1.807) is 29.9 Å². The number of hydrogen-bond donors (Lipinski definition) is 2. The van der Waals surface area contributed by atoms with Gasteiger partial charge in [0, 0.05) is 67.9 Å². The highest BCUT2D eigenvalue weighted by molar-refractivity contribution is 6.39. The highest BCUT2D eigenvalue weighted by atomic mass is 35.5. The van der Waals surface area contributed by atoms with Crippen molar-refractivity contribution in [3.8, 4) is 17.1 Å². The van der Waals surface area contributed by atoms with Gasteiger partial charge < -0.3 is 25.3 Å². The first-order valence-corrected chi connectivity index (χ1v) is 15.7. The van der Waals surface area contributed by atoms with Crippen molar-refractivity contribution < 1.29 is 22.3 Å². The number of anilines is 2. The van der Waals surface area contributed by atoms with Crippen molar-refractivity contribution in [1.82, 2.24) is 29.7 Å². The zero-order valence-electron chi connectivity index (χ0n) is 24.7. The van der Waals surface area contributed by atoms with Crippen molar-refractivity contribution in [2.75, 3.05) is 43.4 Å². The maximum absolute atomic E-state index is 14.9. The van der Waals surface area contributed by atoms with E-state index in [1.807, 2.05) is 4.90 Å². The lowest BCUT2D eigenvalue weighted by molar-refractivity contribution is -0.137. The molecule has 4 aromatic rings. The van der Waals surface area contributed by atoms with Crippen molar-refractivity contribution in [2.24, 2.45) is 7.05 Å². The Bertz CT molecular complexity index is 1820. The van der Waals surface area contributed by atoms with Crippen molar-refractivity contribution >= 4 is 45.2 Å². The van der Waals surface area contributed by atoms with Gasteiger partial charge in [-0.15, -0.1) is 0 Å². The van der Waals surface area contributed by atoms with E-state index < -0.39 is 23.5 Å². The predicted octanol–water partition coefficient (Wildman–Crippen LogP) is 5.33. The lowest BCUT2D eigenvalue weighted by Crippen LogP contribution is -2.51. The number of nitrogens with one attached hydrogen (secondary N) is 1. The molecule has 0 saturated carbocycles. The molecule has 2 bridgehead atoms. The van der Waals surface area contributed by atoms with Gasteiger partial charge in [0.15, 0.2) is 0 Å². The number of pyridine rings is 1. The summed E-state index contributed by atoms with van der Waals surface area (Å²) < 4.78 is 67.2. The number of nitrogens with zero attached hydrogens (tertiary/aromatic N) is 6. The van der Waals surface area contributed by atoms with Crippen LogP contribution in [0.15, 0.2) is 24.4 Å². The fourth-order valence-corrected chi connectivity index (χ4v) is 8.41. The lowest BCUT2D eigenvalue weighted by Gasteiger charge is -2.35. The summed E-state index contributed by atoms with van der Waals surface area (Å²) in [6, 6.07) is 4.84. The third-order valence-corrected chi connectivity index (χ3v) is 10.4. The van der Waals surface area contributed by atoms with Gasteiger partial charge in [-0.3, -0.25) is 4.90 Å². The largest absolute Gasteiger partial charge is 0.461 e. The quantitative estimate of drug-likeness (QED) is 0.282. The summed E-state index contributed by atoms with van der Waals surface area (Å²) >= 11 is 7.02. The van der Waals surface area contributed by atoms with E-state index in [0.717, 1.165) is 38.3 Å². The number of fused-ring (bicyclic) bond motifs is 5. The standard InChI is InChI=1S/C31H33ClF4N8O/c1-42-14-20(26-22(42)5-6-23(37)39-26)24-21(31(34,35)36)9-19-27(25(24)32)40-29(41-28(19)43-12-17-3-4-18(13-43)38-17)45-15-30-7-2-8-44(30)11-16(33)10-30/h5-6,9,14,16-18,38H,2-4,7-8,10-13,15H2,1H3,(H2,37,39)/t16-,17?,18?,30+/m1/s1. The van der Waals surface area contributed by atoms with Crippen LogP contribution in [0.3, 0.4) is 0 Å². The van der Waals surface area contributed by atoms with Gasteiger partial charge in [0.2, 0.25) is 0 Å². The molecule has 4 fully saturated rings. The summed E-state index contributed by atoms with van der Waals surface area (Å²) in [5, 5.41) is 3.59. The molecule has 4 atom stereocenters. The van der Waals surface area contributed by atoms with E-state index in [9.17, 15) is 17.6 Å². The van der Waals surface area contributed by atoms with Crippen LogP contribution in [0.1, 0.15) is 37.7 Å². The molecule has 0 radical (unpaired) electrons. The van der Waals surface area contributed by atoms with E-state index in [2.05, 4.69) is 20.2 Å². The molecule has 3 aromatic heterocycles. The van der Waals surface area contributed by atoms with Crippen LogP contribution >= 0.6 is 11.6 Å². The van der Waals surface area contributed by atoms with E-state index >= 15 is 0 Å². The average molecular weight is 645 g/mol. The number of rotatable bonds is 5. The Morgan fingerprint density at radius 3 is 2.64 bits per heavy atom. The SMILES string of the molecule is Cn1cc(-c2c(C(F)(F)F)cc3c(N4CC5CCC(C4)N5)nc(OC[C@@]45CCCN4C[C@H](F)C5)nc3c2Cl)c2nc(N)ccc21. The number of alkyl halides is 4. The average Bonchev–Trinajstić information content (AvgIpc) is 3.71. The minimum atomic E-state index is -4.75. The second-order valence-electron chi connectivity index (χ2n) is 13.0. The van der Waals surface area contributed by atoms with Crippen molar-refractivity contribution in [2.45, 2.75) is 62.1 Å². The van der Waals surface area contributed by atoms with Crippen LogP contribution in [-0.2, 0) is 13.2 Å². The Morgan fingerprint density at radius 1 is 1.11 bits per heavy atom. The molecule has 4 aliphatic heterocycles. The smallest absolute Gasteiger partial charge is 0.417 e. The van der Waals surface area contributed by atoms with Crippen LogP contribution in [0.5, 0.6) is 6.01 Å². The van der Waals surface area contributed by atoms with Crippen molar-refractivity contribution in [1.29, 1.82) is 0 Å². The molecule has 0 spiro atoms. The first-order valence-electron chi connectivity index (χ1n) is 15.4. The molecule has 0 aliphatic carbocycles. The molecule has 7 heterocycles. The van der Waals surface area contributed by atoms with Crippen molar-refractivity contribution in [3.05, 3.63) is 35.0 Å². The number of halogens is 5. The zero-order chi connectivity index (χ0) is 31.2. The Balaban J connectivity index is 1.32. The van der Waals surface area contributed by atoms with E-state index in [1.165, 1.54) is 0 Å². The Hall–Kier alpha value is -3.42. The Labute approximate surface area is 261 Å². The number of benzene rings is 1. The summed E-state index contributed by atoms with van der Waals surface area (Å²) in [4.78, 5) is 17.9. The molecular weight excluding hydrogens is 612 g/mol. The van der Waals surface area contributed by atoms with Crippen molar-refractivity contribution in [3.63, 3.8) is 0 Å². The van der Waals surface area contributed by atoms with Gasteiger partial charge in [0.05, 0.1) is 32.7 Å². The number of ether oxygens (including phenoxy) is 1. The normalized spacial score (nSPS) is 26.8. The van der Waals surface area contributed by atoms with Gasteiger partial charge in [-0.25, -0.2) is 9.37 Å². The highest BCUT2D eigenvalue weighted by Gasteiger charge is 2.49. The summed E-state index contributed by atoms with van der Waals surface area (Å²) in [6.45, 7) is 2.52.